The molecule has 1 N–H and O–H groups in total. The lowest BCUT2D eigenvalue weighted by Crippen LogP contribution is -2.38. The van der Waals surface area contributed by atoms with Crippen LogP contribution >= 0.6 is 0 Å². The molecule has 1 aliphatic carbocycles. The van der Waals surface area contributed by atoms with E-state index < -0.39 is 0 Å². The molecule has 2 fully saturated rings. The van der Waals surface area contributed by atoms with E-state index in [2.05, 4.69) is 42.9 Å². The van der Waals surface area contributed by atoms with E-state index in [4.69, 9.17) is 0 Å². The number of nitrogens with zero attached hydrogens (tertiary/aromatic N) is 2. The predicted octanol–water partition coefficient (Wildman–Crippen LogP) is 2.20. The van der Waals surface area contributed by atoms with Crippen LogP contribution in [0.15, 0.2) is 0 Å². The zero-order valence-corrected chi connectivity index (χ0v) is 13.6. The van der Waals surface area contributed by atoms with Gasteiger partial charge >= 0.3 is 0 Å². The monoisotopic (exact) mass is 281 g/mol. The Bertz CT molecular complexity index is 339. The first-order valence-corrected chi connectivity index (χ1v) is 8.29. The number of amides is 1. The van der Waals surface area contributed by atoms with Crippen LogP contribution in [0.1, 0.15) is 59.3 Å². The van der Waals surface area contributed by atoms with Crippen molar-refractivity contribution in [2.45, 2.75) is 77.0 Å². The second kappa shape index (κ2) is 6.44. The summed E-state index contributed by atoms with van der Waals surface area (Å²) in [5, 5.41) is 3.58. The fourth-order valence-electron chi connectivity index (χ4n) is 3.02. The Kier molecular flexibility index (Phi) is 5.08. The van der Waals surface area contributed by atoms with Gasteiger partial charge in [0.05, 0.1) is 11.7 Å². The van der Waals surface area contributed by atoms with Gasteiger partial charge in [0.1, 0.15) is 0 Å². The van der Waals surface area contributed by atoms with E-state index in [9.17, 15) is 4.79 Å². The van der Waals surface area contributed by atoms with Crippen molar-refractivity contribution in [1.82, 2.24) is 15.1 Å². The third-order valence-corrected chi connectivity index (χ3v) is 4.84. The lowest BCUT2D eigenvalue weighted by Gasteiger charge is -2.25. The van der Waals surface area contributed by atoms with Crippen LogP contribution in [0.4, 0.5) is 0 Å². The predicted molar refractivity (Wildman–Crippen MR) is 82.5 cm³/mol. The molecule has 1 atom stereocenters. The standard InChI is InChI=1S/C16H31N3O/c1-5-8-14-17-16(9-10-16)15(20)19(14)12-7-6-11-18(4)13(2)3/h13-14,17H,5-12H2,1-4H3. The summed E-state index contributed by atoms with van der Waals surface area (Å²) in [4.78, 5) is 17.0. The summed E-state index contributed by atoms with van der Waals surface area (Å²) in [7, 11) is 2.17. The maximum Gasteiger partial charge on any atom is 0.244 e. The largest absolute Gasteiger partial charge is 0.326 e. The van der Waals surface area contributed by atoms with E-state index in [1.165, 1.54) is 6.42 Å². The number of rotatable bonds is 8. The van der Waals surface area contributed by atoms with Crippen molar-refractivity contribution < 1.29 is 4.79 Å². The number of hydrogen-bond acceptors (Lipinski definition) is 3. The van der Waals surface area contributed by atoms with Gasteiger partial charge in [-0.1, -0.05) is 13.3 Å². The molecule has 2 rings (SSSR count). The highest BCUT2D eigenvalue weighted by Crippen LogP contribution is 2.42. The van der Waals surface area contributed by atoms with Crippen molar-refractivity contribution in [3.63, 3.8) is 0 Å². The van der Waals surface area contributed by atoms with Gasteiger partial charge < -0.3 is 9.80 Å². The first-order valence-electron chi connectivity index (χ1n) is 8.29. The quantitative estimate of drug-likeness (QED) is 0.693. The zero-order chi connectivity index (χ0) is 14.8. The molecule has 4 heteroatoms. The third-order valence-electron chi connectivity index (χ3n) is 4.84. The Morgan fingerprint density at radius 2 is 2.10 bits per heavy atom. The number of nitrogens with one attached hydrogen (secondary N) is 1. The molecule has 0 bridgehead atoms. The molecule has 0 aromatic carbocycles. The highest BCUT2D eigenvalue weighted by atomic mass is 16.2. The molecule has 0 radical (unpaired) electrons. The highest BCUT2D eigenvalue weighted by Gasteiger charge is 2.58. The van der Waals surface area contributed by atoms with Crippen LogP contribution in [0.5, 0.6) is 0 Å². The van der Waals surface area contributed by atoms with Crippen molar-refractivity contribution in [2.75, 3.05) is 20.1 Å². The molecule has 20 heavy (non-hydrogen) atoms. The molecule has 2 aliphatic rings. The van der Waals surface area contributed by atoms with Crippen LogP contribution < -0.4 is 5.32 Å². The summed E-state index contributed by atoms with van der Waals surface area (Å²) in [6, 6.07) is 0.604. The number of unbranched alkanes of at least 4 members (excludes halogenated alkanes) is 1. The molecule has 1 unspecified atom stereocenters. The Balaban J connectivity index is 1.77. The normalized spacial score (nSPS) is 24.4. The van der Waals surface area contributed by atoms with Gasteiger partial charge in [0.2, 0.25) is 5.91 Å². The van der Waals surface area contributed by atoms with Crippen LogP contribution in [0.2, 0.25) is 0 Å². The van der Waals surface area contributed by atoms with Gasteiger partial charge in [-0.05, 0) is 59.5 Å². The minimum absolute atomic E-state index is 0.144. The highest BCUT2D eigenvalue weighted by molar-refractivity contribution is 5.91. The van der Waals surface area contributed by atoms with Gasteiger partial charge in [0, 0.05) is 12.6 Å². The maximum atomic E-state index is 12.5. The van der Waals surface area contributed by atoms with Crippen LogP contribution in [0.3, 0.4) is 0 Å². The van der Waals surface area contributed by atoms with Crippen molar-refractivity contribution in [2.24, 2.45) is 0 Å². The first-order chi connectivity index (χ1) is 9.50. The Morgan fingerprint density at radius 1 is 1.40 bits per heavy atom. The molecular weight excluding hydrogens is 250 g/mol. The van der Waals surface area contributed by atoms with Crippen molar-refractivity contribution in [3.8, 4) is 0 Å². The molecule has 1 heterocycles. The second-order valence-corrected chi connectivity index (χ2v) is 6.81. The summed E-state index contributed by atoms with van der Waals surface area (Å²) < 4.78 is 0. The van der Waals surface area contributed by atoms with Crippen LogP contribution in [0.25, 0.3) is 0 Å². The molecule has 1 amide bonds. The minimum atomic E-state index is -0.144. The van der Waals surface area contributed by atoms with Gasteiger partial charge in [-0.15, -0.1) is 0 Å². The molecule has 1 saturated carbocycles. The van der Waals surface area contributed by atoms with Crippen molar-refractivity contribution >= 4 is 5.91 Å². The van der Waals surface area contributed by atoms with E-state index >= 15 is 0 Å². The summed E-state index contributed by atoms with van der Waals surface area (Å²) in [6.45, 7) is 8.69. The van der Waals surface area contributed by atoms with E-state index in [0.29, 0.717) is 11.9 Å². The van der Waals surface area contributed by atoms with Crippen LogP contribution in [-0.2, 0) is 4.79 Å². The molecule has 1 aliphatic heterocycles. The topological polar surface area (TPSA) is 35.6 Å². The maximum absolute atomic E-state index is 12.5. The van der Waals surface area contributed by atoms with Crippen LogP contribution in [0, 0.1) is 0 Å². The van der Waals surface area contributed by atoms with Gasteiger partial charge in [-0.3, -0.25) is 10.1 Å². The van der Waals surface area contributed by atoms with E-state index in [1.54, 1.807) is 0 Å². The molecule has 0 aromatic rings. The summed E-state index contributed by atoms with van der Waals surface area (Å²) in [5.74, 6) is 0.369. The molecule has 1 spiro atoms. The molecule has 4 nitrogen and oxygen atoms in total. The lowest BCUT2D eigenvalue weighted by atomic mass is 10.2. The molecule has 0 aromatic heterocycles. The number of carbonyl (C=O) groups excluding carboxylic acids is 1. The van der Waals surface area contributed by atoms with Gasteiger partial charge in [-0.2, -0.15) is 0 Å². The number of hydrogen-bond donors (Lipinski definition) is 1. The minimum Gasteiger partial charge on any atom is -0.326 e. The van der Waals surface area contributed by atoms with Gasteiger partial charge in [-0.25, -0.2) is 0 Å². The average molecular weight is 281 g/mol. The fourth-order valence-corrected chi connectivity index (χ4v) is 3.02. The van der Waals surface area contributed by atoms with Crippen molar-refractivity contribution in [1.29, 1.82) is 0 Å². The second-order valence-electron chi connectivity index (χ2n) is 6.81. The Hall–Kier alpha value is -0.610. The molecular formula is C16H31N3O. The fraction of sp³-hybridized carbons (Fsp3) is 0.938. The van der Waals surface area contributed by atoms with E-state index in [-0.39, 0.29) is 11.7 Å². The van der Waals surface area contributed by atoms with E-state index in [0.717, 1.165) is 45.2 Å². The van der Waals surface area contributed by atoms with Gasteiger partial charge in [0.25, 0.3) is 0 Å². The smallest absolute Gasteiger partial charge is 0.244 e. The molecule has 116 valence electrons. The Labute approximate surface area is 123 Å². The SMILES string of the molecule is CCCC1NC2(CC2)C(=O)N1CCCCN(C)C(C)C. The summed E-state index contributed by atoms with van der Waals surface area (Å²) >= 11 is 0. The van der Waals surface area contributed by atoms with Gasteiger partial charge in [0.15, 0.2) is 0 Å². The average Bonchev–Trinajstić information content (AvgIpc) is 3.13. The van der Waals surface area contributed by atoms with Crippen molar-refractivity contribution in [3.05, 3.63) is 0 Å². The third kappa shape index (κ3) is 3.34. The summed E-state index contributed by atoms with van der Waals surface area (Å²) in [5.41, 5.74) is -0.144. The number of carbonyl (C=O) groups is 1. The summed E-state index contributed by atoms with van der Waals surface area (Å²) in [6.07, 6.45) is 6.87. The van der Waals surface area contributed by atoms with E-state index in [1.807, 2.05) is 0 Å². The van der Waals surface area contributed by atoms with Crippen LogP contribution in [-0.4, -0.2) is 53.6 Å². The lowest BCUT2D eigenvalue weighted by molar-refractivity contribution is -0.130. The molecule has 1 saturated heterocycles. The Morgan fingerprint density at radius 3 is 2.65 bits per heavy atom. The zero-order valence-electron chi connectivity index (χ0n) is 13.6. The first kappa shape index (κ1) is 15.8.